The number of benzene rings is 1. The third-order valence-electron chi connectivity index (χ3n) is 3.46. The number of nitrogens with two attached hydrogens (primary N) is 1. The first-order valence-corrected chi connectivity index (χ1v) is 6.59. The van der Waals surface area contributed by atoms with Crippen LogP contribution in [0.1, 0.15) is 24.9 Å². The van der Waals surface area contributed by atoms with Gasteiger partial charge in [-0.05, 0) is 30.5 Å². The number of methoxy groups -OCH3 is 1. The van der Waals surface area contributed by atoms with Gasteiger partial charge in [-0.3, -0.25) is 0 Å². The Hall–Kier alpha value is -1.39. The van der Waals surface area contributed by atoms with Gasteiger partial charge in [-0.1, -0.05) is 18.2 Å². The summed E-state index contributed by atoms with van der Waals surface area (Å²) in [7, 11) is 1.69. The SMILES string of the molecule is COCC1=CCN(c2c(F)cccc2[C@H](C)N)CC1. The Morgan fingerprint density at radius 2 is 2.26 bits per heavy atom. The molecule has 4 heteroatoms. The second-order valence-electron chi connectivity index (χ2n) is 4.96. The summed E-state index contributed by atoms with van der Waals surface area (Å²) >= 11 is 0. The fraction of sp³-hybridized carbons (Fsp3) is 0.467. The standard InChI is InChI=1S/C15H21FN2O/c1-11(17)13-4-3-5-14(16)15(13)18-8-6-12(7-9-18)10-19-2/h3-6,11H,7-10,17H2,1-2H3/t11-/m0/s1. The summed E-state index contributed by atoms with van der Waals surface area (Å²) in [6.07, 6.45) is 3.02. The van der Waals surface area contributed by atoms with Crippen molar-refractivity contribution in [1.29, 1.82) is 0 Å². The molecule has 104 valence electrons. The van der Waals surface area contributed by atoms with Crippen LogP contribution >= 0.6 is 0 Å². The van der Waals surface area contributed by atoms with Gasteiger partial charge in [0.05, 0.1) is 12.3 Å². The maximum Gasteiger partial charge on any atom is 0.146 e. The molecule has 0 saturated carbocycles. The lowest BCUT2D eigenvalue weighted by Crippen LogP contribution is -2.31. The van der Waals surface area contributed by atoms with Crippen molar-refractivity contribution in [3.63, 3.8) is 0 Å². The summed E-state index contributed by atoms with van der Waals surface area (Å²) in [5, 5.41) is 0. The Bertz CT molecular complexity index is 471. The molecule has 0 bridgehead atoms. The van der Waals surface area contributed by atoms with Gasteiger partial charge in [-0.25, -0.2) is 4.39 Å². The maximum atomic E-state index is 14.1. The molecule has 1 aromatic carbocycles. The molecule has 3 nitrogen and oxygen atoms in total. The topological polar surface area (TPSA) is 38.5 Å². The molecule has 1 aliphatic heterocycles. The van der Waals surface area contributed by atoms with Gasteiger partial charge in [-0.15, -0.1) is 0 Å². The molecule has 0 aromatic heterocycles. The molecule has 1 heterocycles. The van der Waals surface area contributed by atoms with Gasteiger partial charge in [-0.2, -0.15) is 0 Å². The average molecular weight is 264 g/mol. The van der Waals surface area contributed by atoms with Crippen LogP contribution in [0.3, 0.4) is 0 Å². The molecule has 19 heavy (non-hydrogen) atoms. The van der Waals surface area contributed by atoms with Crippen molar-refractivity contribution >= 4 is 5.69 Å². The van der Waals surface area contributed by atoms with E-state index in [1.165, 1.54) is 11.6 Å². The van der Waals surface area contributed by atoms with Crippen LogP contribution in [0.15, 0.2) is 29.8 Å². The molecule has 0 radical (unpaired) electrons. The zero-order valence-corrected chi connectivity index (χ0v) is 11.5. The third kappa shape index (κ3) is 3.14. The predicted octanol–water partition coefficient (Wildman–Crippen LogP) is 2.63. The molecule has 2 N–H and O–H groups in total. The van der Waals surface area contributed by atoms with Crippen molar-refractivity contribution in [3.8, 4) is 0 Å². The molecule has 0 amide bonds. The van der Waals surface area contributed by atoms with Crippen molar-refractivity contribution in [2.24, 2.45) is 5.73 Å². The van der Waals surface area contributed by atoms with Gasteiger partial charge >= 0.3 is 0 Å². The van der Waals surface area contributed by atoms with E-state index < -0.39 is 0 Å². The van der Waals surface area contributed by atoms with Crippen molar-refractivity contribution in [2.45, 2.75) is 19.4 Å². The van der Waals surface area contributed by atoms with Crippen LogP contribution in [-0.4, -0.2) is 26.8 Å². The van der Waals surface area contributed by atoms with E-state index in [-0.39, 0.29) is 11.9 Å². The molecular formula is C15H21FN2O. The quantitative estimate of drug-likeness (QED) is 0.850. The highest BCUT2D eigenvalue weighted by molar-refractivity contribution is 5.57. The Morgan fingerprint density at radius 3 is 2.84 bits per heavy atom. The number of rotatable bonds is 4. The fourth-order valence-electron chi connectivity index (χ4n) is 2.46. The number of halogens is 1. The maximum absolute atomic E-state index is 14.1. The summed E-state index contributed by atoms with van der Waals surface area (Å²) in [5.41, 5.74) is 8.72. The van der Waals surface area contributed by atoms with Crippen LogP contribution < -0.4 is 10.6 Å². The van der Waals surface area contributed by atoms with Gasteiger partial charge in [0, 0.05) is 26.2 Å². The van der Waals surface area contributed by atoms with Gasteiger partial charge in [0.15, 0.2) is 0 Å². The van der Waals surface area contributed by atoms with Crippen molar-refractivity contribution in [2.75, 3.05) is 31.7 Å². The molecular weight excluding hydrogens is 243 g/mol. The van der Waals surface area contributed by atoms with E-state index in [9.17, 15) is 4.39 Å². The second kappa shape index (κ2) is 6.17. The first kappa shape index (κ1) is 14.0. The highest BCUT2D eigenvalue weighted by Crippen LogP contribution is 2.30. The lowest BCUT2D eigenvalue weighted by Gasteiger charge is -2.31. The Balaban J connectivity index is 2.24. The number of anilines is 1. The summed E-state index contributed by atoms with van der Waals surface area (Å²) < 4.78 is 19.2. The highest BCUT2D eigenvalue weighted by atomic mass is 19.1. The number of hydrogen-bond donors (Lipinski definition) is 1. The molecule has 0 spiro atoms. The zero-order valence-electron chi connectivity index (χ0n) is 11.5. The van der Waals surface area contributed by atoms with E-state index in [2.05, 4.69) is 6.08 Å². The summed E-state index contributed by atoms with van der Waals surface area (Å²) in [5.74, 6) is -0.196. The Labute approximate surface area is 113 Å². The van der Waals surface area contributed by atoms with Crippen LogP contribution in [0.25, 0.3) is 0 Å². The lowest BCUT2D eigenvalue weighted by molar-refractivity contribution is 0.222. The molecule has 1 aliphatic rings. The molecule has 0 aliphatic carbocycles. The fourth-order valence-corrected chi connectivity index (χ4v) is 2.46. The van der Waals surface area contributed by atoms with Crippen molar-refractivity contribution in [1.82, 2.24) is 0 Å². The van der Waals surface area contributed by atoms with Crippen LogP contribution in [0.4, 0.5) is 10.1 Å². The van der Waals surface area contributed by atoms with E-state index >= 15 is 0 Å². The van der Waals surface area contributed by atoms with Crippen LogP contribution in [0, 0.1) is 5.82 Å². The van der Waals surface area contributed by atoms with Crippen LogP contribution in [0.2, 0.25) is 0 Å². The lowest BCUT2D eigenvalue weighted by atomic mass is 10.0. The van der Waals surface area contributed by atoms with Crippen LogP contribution in [-0.2, 0) is 4.74 Å². The normalized spacial score (nSPS) is 17.3. The summed E-state index contributed by atoms with van der Waals surface area (Å²) in [6, 6.07) is 4.94. The minimum absolute atomic E-state index is 0.171. The van der Waals surface area contributed by atoms with E-state index in [0.717, 1.165) is 18.5 Å². The second-order valence-corrected chi connectivity index (χ2v) is 4.96. The van der Waals surface area contributed by atoms with Gasteiger partial charge in [0.2, 0.25) is 0 Å². The molecule has 2 rings (SSSR count). The van der Waals surface area contributed by atoms with Crippen molar-refractivity contribution in [3.05, 3.63) is 41.2 Å². The third-order valence-corrected chi connectivity index (χ3v) is 3.46. The van der Waals surface area contributed by atoms with Crippen molar-refractivity contribution < 1.29 is 9.13 Å². The largest absolute Gasteiger partial charge is 0.380 e. The van der Waals surface area contributed by atoms with E-state index in [1.807, 2.05) is 17.9 Å². The molecule has 0 unspecified atom stereocenters. The van der Waals surface area contributed by atoms with E-state index in [1.54, 1.807) is 13.2 Å². The molecule has 1 atom stereocenters. The molecule has 1 aromatic rings. The number of nitrogens with zero attached hydrogens (tertiary/aromatic N) is 1. The zero-order chi connectivity index (χ0) is 13.8. The first-order valence-electron chi connectivity index (χ1n) is 6.59. The summed E-state index contributed by atoms with van der Waals surface area (Å²) in [4.78, 5) is 2.05. The monoisotopic (exact) mass is 264 g/mol. The molecule has 0 saturated heterocycles. The Morgan fingerprint density at radius 1 is 1.47 bits per heavy atom. The van der Waals surface area contributed by atoms with Gasteiger partial charge < -0.3 is 15.4 Å². The van der Waals surface area contributed by atoms with E-state index in [0.29, 0.717) is 18.8 Å². The van der Waals surface area contributed by atoms with Gasteiger partial charge in [0.25, 0.3) is 0 Å². The molecule has 0 fully saturated rings. The highest BCUT2D eigenvalue weighted by Gasteiger charge is 2.20. The number of hydrogen-bond acceptors (Lipinski definition) is 3. The Kier molecular flexibility index (Phi) is 4.56. The first-order chi connectivity index (χ1) is 9.13. The summed E-state index contributed by atoms with van der Waals surface area (Å²) in [6.45, 7) is 4.05. The van der Waals surface area contributed by atoms with Crippen LogP contribution in [0.5, 0.6) is 0 Å². The average Bonchev–Trinajstić information content (AvgIpc) is 2.40. The smallest absolute Gasteiger partial charge is 0.146 e. The predicted molar refractivity (Wildman–Crippen MR) is 75.8 cm³/mol. The van der Waals surface area contributed by atoms with Gasteiger partial charge in [0.1, 0.15) is 5.82 Å². The minimum Gasteiger partial charge on any atom is -0.380 e. The number of ether oxygens (including phenoxy) is 1. The minimum atomic E-state index is -0.196. The van der Waals surface area contributed by atoms with E-state index in [4.69, 9.17) is 10.5 Å². The number of para-hydroxylation sites is 1.